The van der Waals surface area contributed by atoms with E-state index >= 15 is 0 Å². The highest BCUT2D eigenvalue weighted by Gasteiger charge is 2.34. The van der Waals surface area contributed by atoms with Crippen LogP contribution in [0.2, 0.25) is 0 Å². The van der Waals surface area contributed by atoms with Gasteiger partial charge in [0, 0.05) is 0 Å². The van der Waals surface area contributed by atoms with Crippen LogP contribution in [0, 0.1) is 12.8 Å². The molecule has 2 N–H and O–H groups in total. The van der Waals surface area contributed by atoms with Gasteiger partial charge in [0.05, 0.1) is 17.8 Å². The van der Waals surface area contributed by atoms with Gasteiger partial charge in [-0.25, -0.2) is 4.68 Å². The first-order chi connectivity index (χ1) is 12.2. The van der Waals surface area contributed by atoms with E-state index in [0.717, 1.165) is 31.6 Å². The molecule has 4 rings (SSSR count). The first-order valence-electron chi connectivity index (χ1n) is 9.22. The normalized spacial score (nSPS) is 19.6. The van der Waals surface area contributed by atoms with E-state index in [0.29, 0.717) is 17.7 Å². The first-order valence-corrected chi connectivity index (χ1v) is 9.22. The molecule has 6 heteroatoms. The van der Waals surface area contributed by atoms with Crippen LogP contribution >= 0.6 is 0 Å². The maximum Gasteiger partial charge on any atom is 0.274 e. The zero-order valence-corrected chi connectivity index (χ0v) is 14.6. The van der Waals surface area contributed by atoms with Crippen LogP contribution < -0.4 is 10.6 Å². The minimum Gasteiger partial charge on any atom is -0.343 e. The number of benzene rings is 1. The van der Waals surface area contributed by atoms with Gasteiger partial charge in [0.25, 0.3) is 5.91 Å². The quantitative estimate of drug-likeness (QED) is 0.877. The largest absolute Gasteiger partial charge is 0.343 e. The summed E-state index contributed by atoms with van der Waals surface area (Å²) in [6, 6.07) is 10.6. The molecule has 2 aliphatic rings. The zero-order chi connectivity index (χ0) is 17.2. The summed E-state index contributed by atoms with van der Waals surface area (Å²) in [5.74, 6) is 0.421. The molecule has 1 saturated carbocycles. The lowest BCUT2D eigenvalue weighted by molar-refractivity contribution is 0.0926. The average molecular weight is 339 g/mol. The molecule has 25 heavy (non-hydrogen) atoms. The topological polar surface area (TPSA) is 71.8 Å². The third kappa shape index (κ3) is 3.44. The van der Waals surface area contributed by atoms with Gasteiger partial charge in [-0.3, -0.25) is 4.79 Å². The Labute approximate surface area is 148 Å². The van der Waals surface area contributed by atoms with E-state index in [9.17, 15) is 4.79 Å². The molecule has 1 aromatic carbocycles. The second-order valence-corrected chi connectivity index (χ2v) is 7.15. The summed E-state index contributed by atoms with van der Waals surface area (Å²) in [7, 11) is 0. The van der Waals surface area contributed by atoms with Crippen LogP contribution in [-0.2, 0) is 0 Å². The van der Waals surface area contributed by atoms with Crippen molar-refractivity contribution in [1.29, 1.82) is 0 Å². The standard InChI is InChI=1S/C19H25N5O/c1-13-17(22-23-24(13)16-9-11-20-12-10-16)19(25)21-18(15-7-8-15)14-5-3-2-4-6-14/h2-6,15-16,18,20H,7-12H2,1H3,(H,21,25). The molecule has 2 fully saturated rings. The Bertz CT molecular complexity index is 732. The number of aromatic nitrogens is 3. The summed E-state index contributed by atoms with van der Waals surface area (Å²) >= 11 is 0. The molecule has 1 aliphatic carbocycles. The SMILES string of the molecule is Cc1c(C(=O)NC(c2ccccc2)C2CC2)nnn1C1CCNCC1. The van der Waals surface area contributed by atoms with E-state index in [1.54, 1.807) is 0 Å². The van der Waals surface area contributed by atoms with Crippen molar-refractivity contribution in [2.45, 2.75) is 44.7 Å². The lowest BCUT2D eigenvalue weighted by Gasteiger charge is -2.23. The zero-order valence-electron chi connectivity index (χ0n) is 14.6. The van der Waals surface area contributed by atoms with Crippen molar-refractivity contribution in [3.8, 4) is 0 Å². The molecule has 0 bridgehead atoms. The van der Waals surface area contributed by atoms with Crippen LogP contribution in [0.25, 0.3) is 0 Å². The van der Waals surface area contributed by atoms with E-state index in [-0.39, 0.29) is 11.9 Å². The van der Waals surface area contributed by atoms with Gasteiger partial charge in [-0.15, -0.1) is 5.10 Å². The summed E-state index contributed by atoms with van der Waals surface area (Å²) in [5, 5.41) is 15.0. The lowest BCUT2D eigenvalue weighted by atomic mass is 10.0. The average Bonchev–Trinajstić information content (AvgIpc) is 3.42. The van der Waals surface area contributed by atoms with Crippen molar-refractivity contribution in [2.75, 3.05) is 13.1 Å². The smallest absolute Gasteiger partial charge is 0.274 e. The van der Waals surface area contributed by atoms with Crippen molar-refractivity contribution in [3.63, 3.8) is 0 Å². The molecule has 1 unspecified atom stereocenters. The molecule has 6 nitrogen and oxygen atoms in total. The fourth-order valence-corrected chi connectivity index (χ4v) is 3.72. The number of amides is 1. The summed E-state index contributed by atoms with van der Waals surface area (Å²) in [5.41, 5.74) is 2.49. The Morgan fingerprint density at radius 2 is 1.92 bits per heavy atom. The Morgan fingerprint density at radius 3 is 2.60 bits per heavy atom. The number of nitrogens with zero attached hydrogens (tertiary/aromatic N) is 3. The van der Waals surface area contributed by atoms with Gasteiger partial charge < -0.3 is 10.6 Å². The van der Waals surface area contributed by atoms with Crippen LogP contribution in [-0.4, -0.2) is 34.0 Å². The molecule has 2 heterocycles. The van der Waals surface area contributed by atoms with Crippen molar-refractivity contribution >= 4 is 5.91 Å². The monoisotopic (exact) mass is 339 g/mol. The number of carbonyl (C=O) groups excluding carboxylic acids is 1. The third-order valence-electron chi connectivity index (χ3n) is 5.34. The maximum atomic E-state index is 12.8. The predicted octanol–water partition coefficient (Wildman–Crippen LogP) is 2.39. The second-order valence-electron chi connectivity index (χ2n) is 7.15. The second kappa shape index (κ2) is 6.96. The van der Waals surface area contributed by atoms with Crippen LogP contribution in [0.15, 0.2) is 30.3 Å². The number of hydrogen-bond donors (Lipinski definition) is 2. The molecular weight excluding hydrogens is 314 g/mol. The molecule has 1 amide bonds. The summed E-state index contributed by atoms with van der Waals surface area (Å²) < 4.78 is 1.93. The molecule has 2 aromatic rings. The molecular formula is C19H25N5O. The fourth-order valence-electron chi connectivity index (χ4n) is 3.72. The van der Waals surface area contributed by atoms with Crippen LogP contribution in [0.3, 0.4) is 0 Å². The molecule has 0 radical (unpaired) electrons. The van der Waals surface area contributed by atoms with Gasteiger partial charge in [0.15, 0.2) is 5.69 Å². The third-order valence-corrected chi connectivity index (χ3v) is 5.34. The van der Waals surface area contributed by atoms with Crippen LogP contribution in [0.5, 0.6) is 0 Å². The first kappa shape index (κ1) is 16.3. The summed E-state index contributed by atoms with van der Waals surface area (Å²) in [6.45, 7) is 3.93. The molecule has 132 valence electrons. The molecule has 1 aromatic heterocycles. The Hall–Kier alpha value is -2.21. The van der Waals surface area contributed by atoms with E-state index in [4.69, 9.17) is 0 Å². The highest BCUT2D eigenvalue weighted by atomic mass is 16.2. The molecule has 0 spiro atoms. The Balaban J connectivity index is 1.51. The number of carbonyl (C=O) groups is 1. The van der Waals surface area contributed by atoms with E-state index in [1.807, 2.05) is 29.8 Å². The van der Waals surface area contributed by atoms with Gasteiger partial charge in [0.1, 0.15) is 0 Å². The highest BCUT2D eigenvalue weighted by molar-refractivity contribution is 5.93. The maximum absolute atomic E-state index is 12.8. The number of rotatable bonds is 5. The van der Waals surface area contributed by atoms with Crippen LogP contribution in [0.1, 0.15) is 59.5 Å². The molecule has 1 saturated heterocycles. The molecule has 1 aliphatic heterocycles. The summed E-state index contributed by atoms with van der Waals surface area (Å²) in [6.07, 6.45) is 4.39. The fraction of sp³-hybridized carbons (Fsp3) is 0.526. The van der Waals surface area contributed by atoms with Crippen molar-refractivity contribution in [2.24, 2.45) is 5.92 Å². The number of hydrogen-bond acceptors (Lipinski definition) is 4. The summed E-state index contributed by atoms with van der Waals surface area (Å²) in [4.78, 5) is 12.8. The number of piperidine rings is 1. The van der Waals surface area contributed by atoms with Gasteiger partial charge in [-0.2, -0.15) is 0 Å². The van der Waals surface area contributed by atoms with E-state index in [2.05, 4.69) is 33.1 Å². The van der Waals surface area contributed by atoms with Crippen molar-refractivity contribution < 1.29 is 4.79 Å². The van der Waals surface area contributed by atoms with Crippen molar-refractivity contribution in [3.05, 3.63) is 47.3 Å². The lowest BCUT2D eigenvalue weighted by Crippen LogP contribution is -2.31. The molecule has 1 atom stereocenters. The number of nitrogens with one attached hydrogen (secondary N) is 2. The van der Waals surface area contributed by atoms with Crippen LogP contribution in [0.4, 0.5) is 0 Å². The van der Waals surface area contributed by atoms with Crippen molar-refractivity contribution in [1.82, 2.24) is 25.6 Å². The van der Waals surface area contributed by atoms with E-state index in [1.165, 1.54) is 18.4 Å². The van der Waals surface area contributed by atoms with E-state index < -0.39 is 0 Å². The highest BCUT2D eigenvalue weighted by Crippen LogP contribution is 2.41. The minimum atomic E-state index is -0.113. The Kier molecular flexibility index (Phi) is 4.53. The van der Waals surface area contributed by atoms with Gasteiger partial charge >= 0.3 is 0 Å². The Morgan fingerprint density at radius 1 is 1.20 bits per heavy atom. The van der Waals surface area contributed by atoms with Gasteiger partial charge in [-0.05, 0) is 57.2 Å². The minimum absolute atomic E-state index is 0.0668. The van der Waals surface area contributed by atoms with Gasteiger partial charge in [0.2, 0.25) is 0 Å². The van der Waals surface area contributed by atoms with Gasteiger partial charge in [-0.1, -0.05) is 35.5 Å². The predicted molar refractivity (Wildman–Crippen MR) is 95.3 cm³/mol.